The molecule has 0 aromatic rings. The molecule has 0 heterocycles. The number of carbonyl (C=O) groups excluding carboxylic acids is 1. The minimum absolute atomic E-state index is 0.135. The molecule has 0 aliphatic rings. The van der Waals surface area contributed by atoms with Crippen molar-refractivity contribution >= 4 is 11.9 Å². The molecule has 0 bridgehead atoms. The van der Waals surface area contributed by atoms with E-state index in [0.717, 1.165) is 19.3 Å². The number of allylic oxidation sites excluding steroid dienone is 4. The Bertz CT molecular complexity index is 524. The van der Waals surface area contributed by atoms with Gasteiger partial charge in [0.15, 0.2) is 0 Å². The Morgan fingerprint density at radius 2 is 1.18 bits per heavy atom. The summed E-state index contributed by atoms with van der Waals surface area (Å²) in [6, 6.07) is 0. The fraction of sp³-hybridized carbons (Fsp3) is 0.800. The Balaban J connectivity index is 3.32. The Kier molecular flexibility index (Phi) is 24.8. The zero-order valence-corrected chi connectivity index (χ0v) is 22.4. The molecule has 34 heavy (non-hydrogen) atoms. The standard InChI is InChI=1S/C30H54O4/c1-3-4-5-6-7-8-9-10-11-12-13-14-15-16-17-18-19-20-21-22-23-27-30(33)34-28(2)25-24-26-29(31)32/h9-10,12-13,28H,3-8,11,14-27H2,1-2H3,(H,31,32)/b10-9-,13-12-. The van der Waals surface area contributed by atoms with Crippen LogP contribution < -0.4 is 0 Å². The molecule has 1 N–H and O–H groups in total. The monoisotopic (exact) mass is 478 g/mol. The molecule has 0 radical (unpaired) electrons. The van der Waals surface area contributed by atoms with E-state index in [0.29, 0.717) is 19.3 Å². The number of carboxylic acid groups (broad SMARTS) is 1. The SMILES string of the molecule is CCCCCCC/C=C\C/C=C\CCCCCCCCCCCC(=O)OC(C)CCCC(=O)O. The molecule has 0 fully saturated rings. The van der Waals surface area contributed by atoms with Crippen molar-refractivity contribution in [2.24, 2.45) is 0 Å². The Labute approximate surface area is 210 Å². The van der Waals surface area contributed by atoms with Gasteiger partial charge in [-0.15, -0.1) is 0 Å². The molecular weight excluding hydrogens is 424 g/mol. The van der Waals surface area contributed by atoms with Crippen LogP contribution in [0.2, 0.25) is 0 Å². The molecule has 0 aliphatic carbocycles. The molecule has 0 aromatic heterocycles. The van der Waals surface area contributed by atoms with Gasteiger partial charge in [-0.05, 0) is 58.3 Å². The first-order valence-corrected chi connectivity index (χ1v) is 14.3. The number of unbranched alkanes of at least 4 members (excludes halogenated alkanes) is 14. The summed E-state index contributed by atoms with van der Waals surface area (Å²) in [6.45, 7) is 4.10. The topological polar surface area (TPSA) is 63.6 Å². The van der Waals surface area contributed by atoms with Crippen molar-refractivity contribution in [3.8, 4) is 0 Å². The first kappa shape index (κ1) is 32.4. The third-order valence-electron chi connectivity index (χ3n) is 6.17. The number of hydrogen-bond acceptors (Lipinski definition) is 3. The van der Waals surface area contributed by atoms with Gasteiger partial charge in [0, 0.05) is 12.8 Å². The molecule has 1 atom stereocenters. The highest BCUT2D eigenvalue weighted by Crippen LogP contribution is 2.13. The van der Waals surface area contributed by atoms with Gasteiger partial charge in [-0.2, -0.15) is 0 Å². The molecule has 0 saturated carbocycles. The van der Waals surface area contributed by atoms with Crippen LogP contribution in [0.25, 0.3) is 0 Å². The average Bonchev–Trinajstić information content (AvgIpc) is 2.79. The summed E-state index contributed by atoms with van der Waals surface area (Å²) in [4.78, 5) is 22.3. The van der Waals surface area contributed by atoms with Crippen LogP contribution in [0.3, 0.4) is 0 Å². The molecule has 0 spiro atoms. The predicted molar refractivity (Wildman–Crippen MR) is 144 cm³/mol. The maximum atomic E-state index is 11.8. The zero-order chi connectivity index (χ0) is 25.1. The van der Waals surface area contributed by atoms with E-state index < -0.39 is 5.97 Å². The number of esters is 1. The Hall–Kier alpha value is -1.58. The summed E-state index contributed by atoms with van der Waals surface area (Å²) < 4.78 is 5.34. The van der Waals surface area contributed by atoms with Gasteiger partial charge in [0.2, 0.25) is 0 Å². The molecule has 0 aromatic carbocycles. The van der Waals surface area contributed by atoms with Crippen LogP contribution in [-0.2, 0) is 14.3 Å². The number of carboxylic acids is 1. The largest absolute Gasteiger partial charge is 0.481 e. The quantitative estimate of drug-likeness (QED) is 0.0806. The van der Waals surface area contributed by atoms with Crippen LogP contribution in [0.5, 0.6) is 0 Å². The van der Waals surface area contributed by atoms with Crippen molar-refractivity contribution in [3.63, 3.8) is 0 Å². The minimum atomic E-state index is -0.798. The van der Waals surface area contributed by atoms with Gasteiger partial charge < -0.3 is 9.84 Å². The molecule has 1 unspecified atom stereocenters. The molecule has 198 valence electrons. The number of carbonyl (C=O) groups is 2. The number of hydrogen-bond donors (Lipinski definition) is 1. The van der Waals surface area contributed by atoms with Crippen molar-refractivity contribution < 1.29 is 19.4 Å². The van der Waals surface area contributed by atoms with Crippen molar-refractivity contribution in [3.05, 3.63) is 24.3 Å². The fourth-order valence-corrected chi connectivity index (χ4v) is 4.02. The molecule has 0 rings (SSSR count). The number of ether oxygens (including phenoxy) is 1. The summed E-state index contributed by atoms with van der Waals surface area (Å²) in [7, 11) is 0. The van der Waals surface area contributed by atoms with Crippen molar-refractivity contribution in [1.82, 2.24) is 0 Å². The van der Waals surface area contributed by atoms with Crippen LogP contribution in [0, 0.1) is 0 Å². The van der Waals surface area contributed by atoms with E-state index in [-0.39, 0.29) is 18.5 Å². The molecule has 0 saturated heterocycles. The van der Waals surface area contributed by atoms with E-state index in [1.165, 1.54) is 89.9 Å². The van der Waals surface area contributed by atoms with Crippen LogP contribution in [0.4, 0.5) is 0 Å². The Morgan fingerprint density at radius 1 is 0.676 bits per heavy atom. The van der Waals surface area contributed by atoms with Crippen LogP contribution >= 0.6 is 0 Å². The summed E-state index contributed by atoms with van der Waals surface area (Å²) in [6.07, 6.45) is 32.2. The van der Waals surface area contributed by atoms with Gasteiger partial charge in [0.1, 0.15) is 0 Å². The molecule has 4 nitrogen and oxygen atoms in total. The third-order valence-corrected chi connectivity index (χ3v) is 6.17. The highest BCUT2D eigenvalue weighted by Gasteiger charge is 2.10. The lowest BCUT2D eigenvalue weighted by molar-refractivity contribution is -0.148. The first-order chi connectivity index (χ1) is 16.6. The van der Waals surface area contributed by atoms with Crippen molar-refractivity contribution in [1.29, 1.82) is 0 Å². The molecular formula is C30H54O4. The van der Waals surface area contributed by atoms with E-state index >= 15 is 0 Å². The predicted octanol–water partition coefficient (Wildman–Crippen LogP) is 9.33. The van der Waals surface area contributed by atoms with Gasteiger partial charge in [-0.3, -0.25) is 9.59 Å². The summed E-state index contributed by atoms with van der Waals surface area (Å²) in [5.41, 5.74) is 0. The maximum Gasteiger partial charge on any atom is 0.306 e. The van der Waals surface area contributed by atoms with Crippen molar-refractivity contribution in [2.45, 2.75) is 155 Å². The van der Waals surface area contributed by atoms with E-state index in [4.69, 9.17) is 9.84 Å². The van der Waals surface area contributed by atoms with Gasteiger partial charge >= 0.3 is 11.9 Å². The first-order valence-electron chi connectivity index (χ1n) is 14.3. The van der Waals surface area contributed by atoms with E-state index in [9.17, 15) is 9.59 Å². The van der Waals surface area contributed by atoms with Crippen LogP contribution in [0.1, 0.15) is 149 Å². The normalized spacial score (nSPS) is 12.5. The average molecular weight is 479 g/mol. The van der Waals surface area contributed by atoms with Gasteiger partial charge in [-0.25, -0.2) is 0 Å². The fourth-order valence-electron chi connectivity index (χ4n) is 4.02. The maximum absolute atomic E-state index is 11.8. The van der Waals surface area contributed by atoms with Crippen LogP contribution in [-0.4, -0.2) is 23.1 Å². The zero-order valence-electron chi connectivity index (χ0n) is 22.4. The van der Waals surface area contributed by atoms with Crippen molar-refractivity contribution in [2.75, 3.05) is 0 Å². The van der Waals surface area contributed by atoms with E-state index in [2.05, 4.69) is 31.2 Å². The molecule has 4 heteroatoms. The minimum Gasteiger partial charge on any atom is -0.481 e. The molecule has 0 amide bonds. The number of rotatable bonds is 25. The lowest BCUT2D eigenvalue weighted by atomic mass is 10.1. The lowest BCUT2D eigenvalue weighted by Crippen LogP contribution is -2.15. The summed E-state index contributed by atoms with van der Waals surface area (Å²) in [5, 5.41) is 8.63. The Morgan fingerprint density at radius 3 is 1.71 bits per heavy atom. The lowest BCUT2D eigenvalue weighted by Gasteiger charge is -2.12. The van der Waals surface area contributed by atoms with E-state index in [1.54, 1.807) is 0 Å². The summed E-state index contributed by atoms with van der Waals surface area (Å²) in [5.74, 6) is -0.946. The number of aliphatic carboxylic acids is 1. The summed E-state index contributed by atoms with van der Waals surface area (Å²) >= 11 is 0. The van der Waals surface area contributed by atoms with E-state index in [1.807, 2.05) is 6.92 Å². The highest BCUT2D eigenvalue weighted by atomic mass is 16.5. The molecule has 0 aliphatic heterocycles. The highest BCUT2D eigenvalue weighted by molar-refractivity contribution is 5.69. The van der Waals surface area contributed by atoms with Gasteiger partial charge in [0.25, 0.3) is 0 Å². The van der Waals surface area contributed by atoms with Crippen LogP contribution in [0.15, 0.2) is 24.3 Å². The second kappa shape index (κ2) is 26.0. The van der Waals surface area contributed by atoms with Gasteiger partial charge in [-0.1, -0.05) is 102 Å². The second-order valence-electron chi connectivity index (χ2n) is 9.69. The third kappa shape index (κ3) is 26.7. The van der Waals surface area contributed by atoms with Gasteiger partial charge in [0.05, 0.1) is 6.10 Å². The smallest absolute Gasteiger partial charge is 0.306 e. The second-order valence-corrected chi connectivity index (χ2v) is 9.69.